The highest BCUT2D eigenvalue weighted by Crippen LogP contribution is 2.22. The van der Waals surface area contributed by atoms with Gasteiger partial charge in [0.05, 0.1) is 18.5 Å². The first-order valence-electron chi connectivity index (χ1n) is 9.55. The van der Waals surface area contributed by atoms with E-state index in [2.05, 4.69) is 20.6 Å². The third-order valence-corrected chi connectivity index (χ3v) is 5.06. The second kappa shape index (κ2) is 9.64. The number of hydrazone groups is 1. The lowest BCUT2D eigenvalue weighted by Gasteiger charge is -2.06. The normalized spacial score (nSPS) is 11.1. The van der Waals surface area contributed by atoms with Crippen LogP contribution in [0.2, 0.25) is 10.2 Å². The second-order valence-electron chi connectivity index (χ2n) is 6.83. The number of carbonyl (C=O) groups excluding carboxylic acids is 1. The van der Waals surface area contributed by atoms with Crippen LogP contribution in [-0.4, -0.2) is 32.0 Å². The number of benzene rings is 2. The van der Waals surface area contributed by atoms with Gasteiger partial charge in [0.1, 0.15) is 16.6 Å². The van der Waals surface area contributed by atoms with Crippen molar-refractivity contribution in [1.82, 2.24) is 20.2 Å². The summed E-state index contributed by atoms with van der Waals surface area (Å²) in [5.41, 5.74) is 5.52. The van der Waals surface area contributed by atoms with Gasteiger partial charge in [0.15, 0.2) is 0 Å². The quantitative estimate of drug-likeness (QED) is 0.243. The molecule has 4 rings (SSSR count). The molecule has 0 saturated carbocycles. The summed E-state index contributed by atoms with van der Waals surface area (Å²) in [6.07, 6.45) is 3.00. The van der Waals surface area contributed by atoms with E-state index in [-0.39, 0.29) is 5.75 Å². The maximum absolute atomic E-state index is 12.9. The Morgan fingerprint density at radius 2 is 1.88 bits per heavy atom. The molecule has 1 amide bonds. The van der Waals surface area contributed by atoms with Crippen LogP contribution in [0.15, 0.2) is 78.0 Å². The third kappa shape index (κ3) is 5.14. The fourth-order valence-electron chi connectivity index (χ4n) is 2.97. The van der Waals surface area contributed by atoms with E-state index in [1.165, 1.54) is 12.3 Å². The van der Waals surface area contributed by atoms with E-state index in [9.17, 15) is 9.90 Å². The molecular formula is C23H17Cl2N5O2. The van der Waals surface area contributed by atoms with E-state index in [4.69, 9.17) is 23.2 Å². The molecule has 0 bridgehead atoms. The Kier molecular flexibility index (Phi) is 6.49. The van der Waals surface area contributed by atoms with Crippen LogP contribution in [0.1, 0.15) is 21.6 Å². The Hall–Kier alpha value is -3.68. The topological polar surface area (TPSA) is 92.4 Å². The molecule has 0 saturated heterocycles. The molecular weight excluding hydrogens is 449 g/mol. The zero-order valence-electron chi connectivity index (χ0n) is 16.6. The Balaban J connectivity index is 1.62. The van der Waals surface area contributed by atoms with E-state index < -0.39 is 5.91 Å². The molecule has 0 spiro atoms. The van der Waals surface area contributed by atoms with Gasteiger partial charge in [-0.05, 0) is 42.0 Å². The molecule has 0 fully saturated rings. The van der Waals surface area contributed by atoms with Crippen LogP contribution in [0.3, 0.4) is 0 Å². The number of phenolic OH excluding ortho intramolecular Hbond substituents is 1. The predicted octanol–water partition coefficient (Wildman–Crippen LogP) is 4.77. The predicted molar refractivity (Wildman–Crippen MR) is 124 cm³/mol. The van der Waals surface area contributed by atoms with Crippen molar-refractivity contribution in [2.45, 2.75) is 6.54 Å². The Morgan fingerprint density at radius 1 is 1.09 bits per heavy atom. The summed E-state index contributed by atoms with van der Waals surface area (Å²) in [5, 5.41) is 19.4. The van der Waals surface area contributed by atoms with Gasteiger partial charge >= 0.3 is 0 Å². The van der Waals surface area contributed by atoms with Crippen LogP contribution in [0.5, 0.6) is 5.75 Å². The molecule has 4 aromatic rings. The van der Waals surface area contributed by atoms with Crippen LogP contribution in [-0.2, 0) is 6.54 Å². The first kappa shape index (κ1) is 21.5. The van der Waals surface area contributed by atoms with Gasteiger partial charge in [-0.25, -0.2) is 10.4 Å². The van der Waals surface area contributed by atoms with Gasteiger partial charge < -0.3 is 5.11 Å². The van der Waals surface area contributed by atoms with Gasteiger partial charge in [0.25, 0.3) is 5.91 Å². The van der Waals surface area contributed by atoms with Gasteiger partial charge in [0.2, 0.25) is 0 Å². The van der Waals surface area contributed by atoms with Crippen LogP contribution >= 0.6 is 23.2 Å². The number of rotatable bonds is 6. The Morgan fingerprint density at radius 3 is 2.59 bits per heavy atom. The highest BCUT2D eigenvalue weighted by Gasteiger charge is 2.17. The molecule has 0 aliphatic rings. The number of phenols is 1. The number of aromatic nitrogens is 3. The summed E-state index contributed by atoms with van der Waals surface area (Å²) < 4.78 is 1.57. The molecule has 2 N–H and O–H groups in total. The number of nitrogens with one attached hydrogen (secondary N) is 1. The summed E-state index contributed by atoms with van der Waals surface area (Å²) in [4.78, 5) is 17.0. The number of amides is 1. The summed E-state index contributed by atoms with van der Waals surface area (Å²) in [6.45, 7) is 0.309. The molecule has 7 nitrogen and oxygen atoms in total. The van der Waals surface area contributed by atoms with Crippen molar-refractivity contribution in [2.24, 2.45) is 5.10 Å². The summed E-state index contributed by atoms with van der Waals surface area (Å²) >= 11 is 11.9. The van der Waals surface area contributed by atoms with Crippen molar-refractivity contribution in [1.29, 1.82) is 0 Å². The molecule has 0 aliphatic carbocycles. The molecule has 0 unspecified atom stereocenters. The van der Waals surface area contributed by atoms with Crippen LogP contribution in [0.25, 0.3) is 11.3 Å². The number of halogens is 2. The van der Waals surface area contributed by atoms with E-state index in [0.717, 1.165) is 11.1 Å². The highest BCUT2D eigenvalue weighted by atomic mass is 35.5. The van der Waals surface area contributed by atoms with Crippen LogP contribution in [0, 0.1) is 0 Å². The minimum Gasteiger partial charge on any atom is -0.507 e. The SMILES string of the molecule is O=C(N/N=C/c1ccccc1O)c1cc(-c2ccc(Cl)cc2)nn1Cc1ccc(Cl)nc1. The van der Waals surface area contributed by atoms with Crippen molar-refractivity contribution < 1.29 is 9.90 Å². The minimum absolute atomic E-state index is 0.0656. The van der Waals surface area contributed by atoms with Crippen molar-refractivity contribution in [3.63, 3.8) is 0 Å². The maximum Gasteiger partial charge on any atom is 0.289 e. The third-order valence-electron chi connectivity index (χ3n) is 4.58. The molecule has 9 heteroatoms. The molecule has 0 atom stereocenters. The van der Waals surface area contributed by atoms with Crippen LogP contribution in [0.4, 0.5) is 0 Å². The van der Waals surface area contributed by atoms with Gasteiger partial charge in [-0.2, -0.15) is 10.2 Å². The van der Waals surface area contributed by atoms with Crippen LogP contribution < -0.4 is 5.43 Å². The molecule has 0 aliphatic heterocycles. The number of hydrogen-bond acceptors (Lipinski definition) is 5. The first-order chi connectivity index (χ1) is 15.5. The van der Waals surface area contributed by atoms with Gasteiger partial charge in [-0.1, -0.05) is 53.5 Å². The van der Waals surface area contributed by atoms with Crippen molar-refractivity contribution in [3.05, 3.63) is 99.9 Å². The van der Waals surface area contributed by atoms with E-state index in [0.29, 0.717) is 33.7 Å². The maximum atomic E-state index is 12.9. The van der Waals surface area contributed by atoms with Crippen molar-refractivity contribution in [2.75, 3.05) is 0 Å². The number of para-hydroxylation sites is 1. The average Bonchev–Trinajstić information content (AvgIpc) is 3.21. The Bertz CT molecular complexity index is 1270. The summed E-state index contributed by atoms with van der Waals surface area (Å²) in [6, 6.07) is 19.0. The Labute approximate surface area is 194 Å². The minimum atomic E-state index is -0.452. The van der Waals surface area contributed by atoms with Gasteiger partial charge in [-0.15, -0.1) is 0 Å². The molecule has 160 valence electrons. The highest BCUT2D eigenvalue weighted by molar-refractivity contribution is 6.30. The number of pyridine rings is 1. The number of hydrogen-bond donors (Lipinski definition) is 2. The first-order valence-corrected chi connectivity index (χ1v) is 10.3. The fourth-order valence-corrected chi connectivity index (χ4v) is 3.21. The van der Waals surface area contributed by atoms with Gasteiger partial charge in [-0.3, -0.25) is 9.48 Å². The molecule has 2 heterocycles. The van der Waals surface area contributed by atoms with Crippen molar-refractivity contribution in [3.8, 4) is 17.0 Å². The molecule has 2 aromatic heterocycles. The van der Waals surface area contributed by atoms with Crippen molar-refractivity contribution >= 4 is 35.3 Å². The summed E-state index contributed by atoms with van der Waals surface area (Å²) in [7, 11) is 0. The largest absolute Gasteiger partial charge is 0.507 e. The summed E-state index contributed by atoms with van der Waals surface area (Å²) in [5.74, 6) is -0.387. The molecule has 0 radical (unpaired) electrons. The lowest BCUT2D eigenvalue weighted by Crippen LogP contribution is -2.22. The van der Waals surface area contributed by atoms with E-state index in [1.54, 1.807) is 53.3 Å². The number of nitrogens with zero attached hydrogens (tertiary/aromatic N) is 4. The van der Waals surface area contributed by atoms with E-state index >= 15 is 0 Å². The van der Waals surface area contributed by atoms with Gasteiger partial charge in [0, 0.05) is 22.3 Å². The molecule has 32 heavy (non-hydrogen) atoms. The monoisotopic (exact) mass is 465 g/mol. The smallest absolute Gasteiger partial charge is 0.289 e. The fraction of sp³-hybridized carbons (Fsp3) is 0.0435. The number of aromatic hydroxyl groups is 1. The lowest BCUT2D eigenvalue weighted by molar-refractivity contribution is 0.0945. The zero-order valence-corrected chi connectivity index (χ0v) is 18.1. The molecule has 2 aromatic carbocycles. The lowest BCUT2D eigenvalue weighted by atomic mass is 10.1. The number of carbonyl (C=O) groups is 1. The average molecular weight is 466 g/mol. The van der Waals surface area contributed by atoms with E-state index in [1.807, 2.05) is 18.2 Å². The second-order valence-corrected chi connectivity index (χ2v) is 7.65. The standard InChI is InChI=1S/C23H17Cl2N5O2/c24-18-8-6-16(7-9-18)19-11-20(30(29-19)14-15-5-10-22(25)26-12-15)23(32)28-27-13-17-3-1-2-4-21(17)31/h1-13,31H,14H2,(H,28,32)/b27-13+. The zero-order chi connectivity index (χ0) is 22.5.